The fraction of sp³-hybridized carbons (Fsp3) is 0.238. The van der Waals surface area contributed by atoms with E-state index in [1.54, 1.807) is 18.1 Å². The number of nitrogen functional groups attached to an aromatic ring is 1. The van der Waals surface area contributed by atoms with E-state index >= 15 is 0 Å². The summed E-state index contributed by atoms with van der Waals surface area (Å²) < 4.78 is 14.9. The number of nitrogens with zero attached hydrogens (tertiary/aromatic N) is 6. The van der Waals surface area contributed by atoms with E-state index in [2.05, 4.69) is 15.1 Å². The lowest BCUT2D eigenvalue weighted by molar-refractivity contribution is 0.0363. The molecule has 0 radical (unpaired) electrons. The van der Waals surface area contributed by atoms with E-state index in [4.69, 9.17) is 20.2 Å². The lowest BCUT2D eigenvalue weighted by Crippen LogP contribution is -2.23. The molecule has 0 amide bonds. The molecule has 1 aliphatic heterocycles. The van der Waals surface area contributed by atoms with Gasteiger partial charge in [0.25, 0.3) is 0 Å². The number of fused-ring (bicyclic) bond motifs is 1. The summed E-state index contributed by atoms with van der Waals surface area (Å²) in [5, 5.41) is 4.61. The Balaban J connectivity index is 1.53. The van der Waals surface area contributed by atoms with Crippen molar-refractivity contribution in [3.63, 3.8) is 0 Å². The fourth-order valence-corrected chi connectivity index (χ4v) is 3.63. The zero-order valence-electron chi connectivity index (χ0n) is 16.7. The van der Waals surface area contributed by atoms with Crippen LogP contribution in [0.2, 0.25) is 0 Å². The molecule has 2 N–H and O–H groups in total. The number of imidazole rings is 1. The molecule has 9 heteroatoms. The summed E-state index contributed by atoms with van der Waals surface area (Å²) in [6, 6.07) is 11.6. The third-order valence-corrected chi connectivity index (χ3v) is 5.08. The highest BCUT2D eigenvalue weighted by molar-refractivity contribution is 5.55. The molecule has 5 rings (SSSR count). The normalized spacial score (nSPS) is 15.7. The third kappa shape index (κ3) is 3.18. The van der Waals surface area contributed by atoms with Crippen LogP contribution in [0.25, 0.3) is 17.2 Å². The van der Waals surface area contributed by atoms with Crippen LogP contribution in [0, 0.1) is 6.92 Å². The number of methoxy groups -OCH3 is 1. The van der Waals surface area contributed by atoms with E-state index in [0.717, 1.165) is 22.8 Å². The molecule has 4 heterocycles. The molecular weight excluding hydrogens is 382 g/mol. The van der Waals surface area contributed by atoms with Gasteiger partial charge >= 0.3 is 0 Å². The van der Waals surface area contributed by atoms with Gasteiger partial charge in [-0.25, -0.2) is 19.6 Å². The standard InChI is InChI=1S/C21H21N7O2/c1-13-9-27(11-23-13)18-7-6-17(24-21(18)29-2)19-25-20-16(10-30-12-28(20)26-19)14-4-3-5-15(22)8-14/h3-9,11,16H,10,12,22H2,1-2H3. The number of aryl methyl sites for hydroxylation is 1. The Hall–Kier alpha value is -3.72. The van der Waals surface area contributed by atoms with Crippen molar-refractivity contribution < 1.29 is 9.47 Å². The Morgan fingerprint density at radius 3 is 2.87 bits per heavy atom. The molecule has 1 unspecified atom stereocenters. The van der Waals surface area contributed by atoms with Crippen molar-refractivity contribution in [3.8, 4) is 23.1 Å². The molecule has 1 aliphatic rings. The van der Waals surface area contributed by atoms with Crippen molar-refractivity contribution in [1.82, 2.24) is 29.3 Å². The van der Waals surface area contributed by atoms with Gasteiger partial charge < -0.3 is 19.8 Å². The Morgan fingerprint density at radius 1 is 1.20 bits per heavy atom. The molecule has 3 aromatic heterocycles. The molecular formula is C21H21N7O2. The minimum absolute atomic E-state index is 0.0430. The number of nitrogens with two attached hydrogens (primary N) is 1. The molecule has 1 aromatic carbocycles. The lowest BCUT2D eigenvalue weighted by atomic mass is 9.98. The molecule has 30 heavy (non-hydrogen) atoms. The summed E-state index contributed by atoms with van der Waals surface area (Å²) in [6.07, 6.45) is 3.65. The van der Waals surface area contributed by atoms with Crippen LogP contribution in [0.1, 0.15) is 23.0 Å². The third-order valence-electron chi connectivity index (χ3n) is 5.08. The van der Waals surface area contributed by atoms with Crippen LogP contribution in [0.5, 0.6) is 5.88 Å². The fourth-order valence-electron chi connectivity index (χ4n) is 3.63. The van der Waals surface area contributed by atoms with Gasteiger partial charge in [0.1, 0.15) is 23.9 Å². The van der Waals surface area contributed by atoms with Crippen molar-refractivity contribution in [3.05, 3.63) is 66.0 Å². The molecule has 0 fully saturated rings. The Morgan fingerprint density at radius 2 is 2.10 bits per heavy atom. The SMILES string of the molecule is COc1nc(-c2nc3n(n2)COCC3c2cccc(N)c2)ccc1-n1cnc(C)c1. The van der Waals surface area contributed by atoms with Gasteiger partial charge in [-0.1, -0.05) is 12.1 Å². The van der Waals surface area contributed by atoms with Gasteiger partial charge in [0.2, 0.25) is 5.88 Å². The second-order valence-corrected chi connectivity index (χ2v) is 7.16. The molecule has 9 nitrogen and oxygen atoms in total. The number of aromatic nitrogens is 6. The molecule has 0 aliphatic carbocycles. The van der Waals surface area contributed by atoms with Gasteiger partial charge in [0.05, 0.1) is 31.7 Å². The summed E-state index contributed by atoms with van der Waals surface area (Å²) in [7, 11) is 1.59. The van der Waals surface area contributed by atoms with E-state index < -0.39 is 0 Å². The van der Waals surface area contributed by atoms with Crippen LogP contribution in [0.4, 0.5) is 5.69 Å². The topological polar surface area (TPSA) is 106 Å². The zero-order chi connectivity index (χ0) is 20.7. The van der Waals surface area contributed by atoms with Crippen LogP contribution in [0.15, 0.2) is 48.9 Å². The van der Waals surface area contributed by atoms with Crippen LogP contribution in [-0.2, 0) is 11.5 Å². The highest BCUT2D eigenvalue weighted by Crippen LogP contribution is 2.31. The average Bonchev–Trinajstić information content (AvgIpc) is 3.39. The number of hydrogen-bond donors (Lipinski definition) is 1. The maximum atomic E-state index is 5.96. The van der Waals surface area contributed by atoms with E-state index in [0.29, 0.717) is 36.4 Å². The number of benzene rings is 1. The van der Waals surface area contributed by atoms with E-state index in [-0.39, 0.29) is 5.92 Å². The first-order valence-corrected chi connectivity index (χ1v) is 9.56. The van der Waals surface area contributed by atoms with Gasteiger partial charge in [-0.2, -0.15) is 0 Å². The smallest absolute Gasteiger partial charge is 0.238 e. The average molecular weight is 403 g/mol. The summed E-state index contributed by atoms with van der Waals surface area (Å²) >= 11 is 0. The minimum Gasteiger partial charge on any atom is -0.479 e. The molecule has 1 atom stereocenters. The van der Waals surface area contributed by atoms with E-state index in [1.165, 1.54) is 0 Å². The maximum absolute atomic E-state index is 5.96. The predicted octanol–water partition coefficient (Wildman–Crippen LogP) is 2.54. The van der Waals surface area contributed by atoms with Gasteiger partial charge in [0, 0.05) is 11.9 Å². The number of ether oxygens (including phenoxy) is 2. The molecule has 4 aromatic rings. The van der Waals surface area contributed by atoms with Crippen molar-refractivity contribution >= 4 is 5.69 Å². The first kappa shape index (κ1) is 18.3. The lowest BCUT2D eigenvalue weighted by Gasteiger charge is -2.22. The van der Waals surface area contributed by atoms with Crippen LogP contribution in [-0.4, -0.2) is 43.0 Å². The summed E-state index contributed by atoms with van der Waals surface area (Å²) in [6.45, 7) is 2.81. The number of anilines is 1. The molecule has 0 saturated carbocycles. The van der Waals surface area contributed by atoms with E-state index in [9.17, 15) is 0 Å². The van der Waals surface area contributed by atoms with Gasteiger partial charge in [0.15, 0.2) is 5.82 Å². The van der Waals surface area contributed by atoms with Crippen molar-refractivity contribution in [2.75, 3.05) is 19.5 Å². The molecule has 0 bridgehead atoms. The molecule has 0 spiro atoms. The predicted molar refractivity (Wildman–Crippen MR) is 110 cm³/mol. The largest absolute Gasteiger partial charge is 0.479 e. The minimum atomic E-state index is -0.0430. The van der Waals surface area contributed by atoms with Gasteiger partial charge in [-0.15, -0.1) is 5.10 Å². The summed E-state index contributed by atoms with van der Waals surface area (Å²) in [5.41, 5.74) is 10.1. The molecule has 152 valence electrons. The number of pyridine rings is 1. The zero-order valence-corrected chi connectivity index (χ0v) is 16.7. The van der Waals surface area contributed by atoms with Crippen LogP contribution >= 0.6 is 0 Å². The monoisotopic (exact) mass is 403 g/mol. The number of rotatable bonds is 4. The second kappa shape index (κ2) is 7.27. The Labute approximate surface area is 173 Å². The second-order valence-electron chi connectivity index (χ2n) is 7.16. The maximum Gasteiger partial charge on any atom is 0.238 e. The Kier molecular flexibility index (Phi) is 4.44. The highest BCUT2D eigenvalue weighted by Gasteiger charge is 2.27. The highest BCUT2D eigenvalue weighted by atomic mass is 16.5. The first-order chi connectivity index (χ1) is 14.6. The van der Waals surface area contributed by atoms with Crippen molar-refractivity contribution in [2.45, 2.75) is 19.6 Å². The van der Waals surface area contributed by atoms with Crippen molar-refractivity contribution in [2.24, 2.45) is 0 Å². The quantitative estimate of drug-likeness (QED) is 0.522. The van der Waals surface area contributed by atoms with Crippen LogP contribution in [0.3, 0.4) is 0 Å². The molecule has 0 saturated heterocycles. The Bertz CT molecular complexity index is 1210. The summed E-state index contributed by atoms with van der Waals surface area (Å²) in [5.74, 6) is 1.79. The summed E-state index contributed by atoms with van der Waals surface area (Å²) in [4.78, 5) is 13.7. The first-order valence-electron chi connectivity index (χ1n) is 9.56. The van der Waals surface area contributed by atoms with Gasteiger partial charge in [-0.3, -0.25) is 0 Å². The van der Waals surface area contributed by atoms with Crippen LogP contribution < -0.4 is 10.5 Å². The van der Waals surface area contributed by atoms with E-state index in [1.807, 2.05) is 54.1 Å². The number of hydrogen-bond acceptors (Lipinski definition) is 7. The van der Waals surface area contributed by atoms with Crippen molar-refractivity contribution in [1.29, 1.82) is 0 Å². The van der Waals surface area contributed by atoms with Gasteiger partial charge in [-0.05, 0) is 36.8 Å².